The summed E-state index contributed by atoms with van der Waals surface area (Å²) in [6.45, 7) is 0.760. The Morgan fingerprint density at radius 3 is 2.93 bits per heavy atom. The van der Waals surface area contributed by atoms with Crippen molar-refractivity contribution in [3.63, 3.8) is 0 Å². The predicted molar refractivity (Wildman–Crippen MR) is 109 cm³/mol. The van der Waals surface area contributed by atoms with E-state index >= 15 is 0 Å². The molecule has 1 unspecified atom stereocenters. The van der Waals surface area contributed by atoms with E-state index in [0.29, 0.717) is 12.8 Å². The maximum absolute atomic E-state index is 13.9. The van der Waals surface area contributed by atoms with Crippen molar-refractivity contribution >= 4 is 27.5 Å². The van der Waals surface area contributed by atoms with Gasteiger partial charge >= 0.3 is 0 Å². The van der Waals surface area contributed by atoms with Gasteiger partial charge in [-0.05, 0) is 55.5 Å². The van der Waals surface area contributed by atoms with Gasteiger partial charge in [0.1, 0.15) is 5.01 Å². The summed E-state index contributed by atoms with van der Waals surface area (Å²) in [5, 5.41) is 1.02. The summed E-state index contributed by atoms with van der Waals surface area (Å²) in [6.07, 6.45) is 3.96. The zero-order chi connectivity index (χ0) is 19.5. The summed E-state index contributed by atoms with van der Waals surface area (Å²) < 4.78 is 20.0. The van der Waals surface area contributed by atoms with Crippen molar-refractivity contribution in [1.29, 1.82) is 0 Å². The van der Waals surface area contributed by atoms with E-state index in [-0.39, 0.29) is 17.7 Å². The van der Waals surface area contributed by atoms with Gasteiger partial charge in [0.2, 0.25) is 5.91 Å². The minimum absolute atomic E-state index is 0.0475. The van der Waals surface area contributed by atoms with Crippen molar-refractivity contribution in [1.82, 2.24) is 9.88 Å². The number of halogens is 1. The van der Waals surface area contributed by atoms with E-state index in [1.54, 1.807) is 17.4 Å². The number of hydrogen-bond donors (Lipinski definition) is 0. The Morgan fingerprint density at radius 1 is 1.29 bits per heavy atom. The lowest BCUT2D eigenvalue weighted by Gasteiger charge is -2.34. The minimum Gasteiger partial charge on any atom is -0.494 e. The number of aryl methyl sites for hydroxylation is 1. The van der Waals surface area contributed by atoms with Crippen LogP contribution in [0.4, 0.5) is 4.39 Å². The highest BCUT2D eigenvalue weighted by atomic mass is 32.1. The fourth-order valence-electron chi connectivity index (χ4n) is 3.78. The zero-order valence-corrected chi connectivity index (χ0v) is 16.7. The van der Waals surface area contributed by atoms with Crippen molar-refractivity contribution in [2.24, 2.45) is 0 Å². The number of likely N-dealkylation sites (tertiary alicyclic amines) is 1. The largest absolute Gasteiger partial charge is 0.494 e. The Labute approximate surface area is 168 Å². The lowest BCUT2D eigenvalue weighted by Crippen LogP contribution is -2.38. The molecule has 2 heterocycles. The van der Waals surface area contributed by atoms with E-state index in [9.17, 15) is 9.18 Å². The number of benzene rings is 2. The van der Waals surface area contributed by atoms with Crippen LogP contribution >= 0.6 is 11.3 Å². The topological polar surface area (TPSA) is 42.4 Å². The first-order valence-electron chi connectivity index (χ1n) is 9.63. The minimum atomic E-state index is -0.391. The molecule has 1 amide bonds. The number of para-hydroxylation sites is 1. The van der Waals surface area contributed by atoms with Crippen LogP contribution < -0.4 is 4.74 Å². The Balaban J connectivity index is 1.47. The van der Waals surface area contributed by atoms with Crippen LogP contribution in [0.2, 0.25) is 0 Å². The van der Waals surface area contributed by atoms with Crippen LogP contribution in [0.15, 0.2) is 42.5 Å². The smallest absolute Gasteiger partial charge is 0.223 e. The lowest BCUT2D eigenvalue weighted by molar-refractivity contribution is -0.135. The van der Waals surface area contributed by atoms with Gasteiger partial charge in [-0.15, -0.1) is 11.3 Å². The Kier molecular flexibility index (Phi) is 5.57. The third-order valence-corrected chi connectivity index (χ3v) is 6.40. The van der Waals surface area contributed by atoms with Gasteiger partial charge in [0.25, 0.3) is 0 Å². The second-order valence-corrected chi connectivity index (χ2v) is 8.15. The zero-order valence-electron chi connectivity index (χ0n) is 15.9. The number of nitrogens with zero attached hydrogens (tertiary/aromatic N) is 2. The highest BCUT2D eigenvalue weighted by Gasteiger charge is 2.30. The van der Waals surface area contributed by atoms with E-state index in [1.165, 1.54) is 13.2 Å². The number of thiazole rings is 1. The number of amides is 1. The van der Waals surface area contributed by atoms with E-state index < -0.39 is 5.82 Å². The molecule has 4 rings (SSSR count). The number of hydrogen-bond acceptors (Lipinski definition) is 4. The maximum Gasteiger partial charge on any atom is 0.223 e. The standard InChI is InChI=1S/C22H23FN2O2S/c1-27-19-11-9-15(14-16(19)23)10-12-21(26)25-13-5-4-7-18(25)22-24-17-6-2-3-8-20(17)28-22/h2-3,6,8-9,11,14,18H,4-5,7,10,12-13H2,1H3. The SMILES string of the molecule is COc1ccc(CCC(=O)N2CCCCC2c2nc3ccccc3s2)cc1F. The van der Waals surface area contributed by atoms with Crippen LogP contribution in [0.3, 0.4) is 0 Å². The van der Waals surface area contributed by atoms with Crippen molar-refractivity contribution in [3.05, 3.63) is 58.9 Å². The number of carbonyl (C=O) groups is 1. The van der Waals surface area contributed by atoms with Crippen LogP contribution in [-0.2, 0) is 11.2 Å². The summed E-state index contributed by atoms with van der Waals surface area (Å²) >= 11 is 1.68. The molecule has 1 fully saturated rings. The third-order valence-electron chi connectivity index (χ3n) is 5.26. The molecular weight excluding hydrogens is 375 g/mol. The molecule has 146 valence electrons. The van der Waals surface area contributed by atoms with Crippen molar-refractivity contribution < 1.29 is 13.9 Å². The number of aromatic nitrogens is 1. The Hall–Kier alpha value is -2.47. The number of ether oxygens (including phenoxy) is 1. The van der Waals surface area contributed by atoms with Gasteiger partial charge in [0.05, 0.1) is 23.4 Å². The molecule has 1 saturated heterocycles. The van der Waals surface area contributed by atoms with E-state index in [4.69, 9.17) is 9.72 Å². The molecule has 0 saturated carbocycles. The van der Waals surface area contributed by atoms with Crippen molar-refractivity contribution in [2.45, 2.75) is 38.1 Å². The van der Waals surface area contributed by atoms with Gasteiger partial charge in [-0.2, -0.15) is 0 Å². The van der Waals surface area contributed by atoms with E-state index in [0.717, 1.165) is 46.6 Å². The molecule has 1 atom stereocenters. The summed E-state index contributed by atoms with van der Waals surface area (Å²) in [5.41, 5.74) is 1.80. The monoisotopic (exact) mass is 398 g/mol. The Morgan fingerprint density at radius 2 is 2.14 bits per heavy atom. The molecular formula is C22H23FN2O2S. The summed E-state index contributed by atoms with van der Waals surface area (Å²) in [7, 11) is 1.44. The highest BCUT2D eigenvalue weighted by Crippen LogP contribution is 2.36. The second-order valence-electron chi connectivity index (χ2n) is 7.09. The average Bonchev–Trinajstić information content (AvgIpc) is 3.16. The Bertz CT molecular complexity index is 955. The molecule has 4 nitrogen and oxygen atoms in total. The fraction of sp³-hybridized carbons (Fsp3) is 0.364. The lowest BCUT2D eigenvalue weighted by atomic mass is 10.0. The summed E-state index contributed by atoms with van der Waals surface area (Å²) in [4.78, 5) is 19.7. The molecule has 28 heavy (non-hydrogen) atoms. The number of rotatable bonds is 5. The van der Waals surface area contributed by atoms with E-state index in [2.05, 4.69) is 6.07 Å². The van der Waals surface area contributed by atoms with Gasteiger partial charge < -0.3 is 9.64 Å². The molecule has 6 heteroatoms. The van der Waals surface area contributed by atoms with Gasteiger partial charge in [-0.1, -0.05) is 18.2 Å². The van der Waals surface area contributed by atoms with Crippen molar-refractivity contribution in [2.75, 3.05) is 13.7 Å². The molecule has 1 aliphatic rings. The third kappa shape index (κ3) is 3.87. The number of piperidine rings is 1. The molecule has 1 aromatic heterocycles. The summed E-state index contributed by atoms with van der Waals surface area (Å²) in [5.74, 6) is -0.0556. The van der Waals surface area contributed by atoms with Crippen LogP contribution in [0.5, 0.6) is 5.75 Å². The second kappa shape index (κ2) is 8.27. The fourth-order valence-corrected chi connectivity index (χ4v) is 4.89. The summed E-state index contributed by atoms with van der Waals surface area (Å²) in [6, 6.07) is 13.0. The molecule has 0 radical (unpaired) electrons. The first-order valence-corrected chi connectivity index (χ1v) is 10.4. The van der Waals surface area contributed by atoms with Crippen molar-refractivity contribution in [3.8, 4) is 5.75 Å². The number of methoxy groups -OCH3 is 1. The number of carbonyl (C=O) groups excluding carboxylic acids is 1. The van der Waals surface area contributed by atoms with Crippen LogP contribution in [0.25, 0.3) is 10.2 Å². The molecule has 2 aromatic carbocycles. The predicted octanol–water partition coefficient (Wildman–Crippen LogP) is 5.13. The first-order chi connectivity index (χ1) is 13.7. The molecule has 1 aliphatic heterocycles. The van der Waals surface area contributed by atoms with Crippen LogP contribution in [-0.4, -0.2) is 29.4 Å². The highest BCUT2D eigenvalue weighted by molar-refractivity contribution is 7.18. The van der Waals surface area contributed by atoms with Gasteiger partial charge in [0, 0.05) is 13.0 Å². The van der Waals surface area contributed by atoms with Gasteiger partial charge in [0.15, 0.2) is 11.6 Å². The first kappa shape index (κ1) is 18.9. The number of fused-ring (bicyclic) bond motifs is 1. The molecule has 0 bridgehead atoms. The average molecular weight is 399 g/mol. The van der Waals surface area contributed by atoms with Gasteiger partial charge in [-0.25, -0.2) is 9.37 Å². The molecule has 0 spiro atoms. The molecule has 3 aromatic rings. The van der Waals surface area contributed by atoms with Crippen LogP contribution in [0, 0.1) is 5.82 Å². The van der Waals surface area contributed by atoms with Crippen LogP contribution in [0.1, 0.15) is 42.3 Å². The molecule has 0 aliphatic carbocycles. The molecule has 0 N–H and O–H groups in total. The van der Waals surface area contributed by atoms with E-state index in [1.807, 2.05) is 29.2 Å². The quantitative estimate of drug-likeness (QED) is 0.598. The maximum atomic E-state index is 13.9. The van der Waals surface area contributed by atoms with Gasteiger partial charge in [-0.3, -0.25) is 4.79 Å². The normalized spacial score (nSPS) is 17.1.